The number of hydrogen-bond acceptors (Lipinski definition) is 6. The Morgan fingerprint density at radius 1 is 1.06 bits per heavy atom. The van der Waals surface area contributed by atoms with Crippen molar-refractivity contribution in [2.45, 2.75) is 28.8 Å². The van der Waals surface area contributed by atoms with Gasteiger partial charge in [-0.05, 0) is 24.1 Å². The number of aromatic nitrogens is 1. The molecule has 6 nitrogen and oxygen atoms in total. The predicted molar refractivity (Wildman–Crippen MR) is 115 cm³/mol. The second-order valence-electron chi connectivity index (χ2n) is 8.19. The van der Waals surface area contributed by atoms with Crippen molar-refractivity contribution in [3.63, 3.8) is 0 Å². The van der Waals surface area contributed by atoms with E-state index in [0.29, 0.717) is 42.5 Å². The summed E-state index contributed by atoms with van der Waals surface area (Å²) < 4.78 is 38.9. The topological polar surface area (TPSA) is 56.8 Å². The minimum atomic E-state index is -4.38. The van der Waals surface area contributed by atoms with Crippen LogP contribution in [0.3, 0.4) is 0 Å². The highest BCUT2D eigenvalue weighted by atomic mass is 32.2. The lowest BCUT2D eigenvalue weighted by Crippen LogP contribution is -2.65. The van der Waals surface area contributed by atoms with E-state index in [2.05, 4.69) is 9.88 Å². The van der Waals surface area contributed by atoms with Crippen LogP contribution in [0.2, 0.25) is 0 Å². The Labute approximate surface area is 191 Å². The van der Waals surface area contributed by atoms with E-state index in [1.165, 1.54) is 29.2 Å². The zero-order valence-electron chi connectivity index (χ0n) is 17.0. The molecule has 2 amide bonds. The van der Waals surface area contributed by atoms with Crippen molar-refractivity contribution >= 4 is 34.9 Å². The van der Waals surface area contributed by atoms with Gasteiger partial charge in [0.25, 0.3) is 5.91 Å². The highest BCUT2D eigenvalue weighted by molar-refractivity contribution is 8.01. The van der Waals surface area contributed by atoms with E-state index in [9.17, 15) is 22.8 Å². The molecule has 2 saturated heterocycles. The number of piperazine rings is 1. The minimum absolute atomic E-state index is 0.00593. The van der Waals surface area contributed by atoms with Gasteiger partial charge in [-0.25, -0.2) is 4.98 Å². The number of alkyl halides is 3. The zero-order chi connectivity index (χ0) is 22.5. The number of fused-ring (bicyclic) bond motifs is 1. The third kappa shape index (κ3) is 4.13. The average Bonchev–Trinajstić information content (AvgIpc) is 3.41. The molecule has 1 aromatic carbocycles. The van der Waals surface area contributed by atoms with Crippen molar-refractivity contribution in [2.75, 3.05) is 39.3 Å². The number of amides is 2. The molecule has 4 heterocycles. The first-order chi connectivity index (χ1) is 15.3. The third-order valence-electron chi connectivity index (χ3n) is 6.25. The molecule has 0 radical (unpaired) electrons. The van der Waals surface area contributed by atoms with Gasteiger partial charge in [-0.1, -0.05) is 6.07 Å². The summed E-state index contributed by atoms with van der Waals surface area (Å²) in [6.45, 7) is 4.04. The number of halogens is 3. The highest BCUT2D eigenvalue weighted by Crippen LogP contribution is 2.41. The quantitative estimate of drug-likeness (QED) is 0.674. The normalized spacial score (nSPS) is 22.0. The Kier molecular flexibility index (Phi) is 5.67. The first-order valence-corrected chi connectivity index (χ1v) is 12.1. The molecule has 1 aromatic heterocycles. The number of thioether (sulfide) groups is 1. The Morgan fingerprint density at radius 3 is 2.47 bits per heavy atom. The van der Waals surface area contributed by atoms with Gasteiger partial charge in [-0.3, -0.25) is 14.5 Å². The molecule has 0 aliphatic carbocycles. The van der Waals surface area contributed by atoms with Crippen molar-refractivity contribution in [1.82, 2.24) is 19.7 Å². The monoisotopic (exact) mass is 482 g/mol. The Balaban J connectivity index is 1.11. The summed E-state index contributed by atoms with van der Waals surface area (Å²) in [6, 6.07) is 3.99. The highest BCUT2D eigenvalue weighted by Gasteiger charge is 2.41. The van der Waals surface area contributed by atoms with Crippen LogP contribution in [0.15, 0.2) is 34.7 Å². The summed E-state index contributed by atoms with van der Waals surface area (Å²) in [5, 5.41) is 1.94. The molecule has 2 fully saturated rings. The standard InChI is InChI=1S/C21H21F3N4O2S2/c22-21(23,24)14-2-1-13-9-17(32-16(13)10-14)19(29)28-11-15(12-28)26-4-6-27(7-5-26)20(30)18-25-3-8-31-18/h1-3,8,10,15,17H,4-7,9,11-12H2. The van der Waals surface area contributed by atoms with Crippen LogP contribution in [-0.2, 0) is 17.4 Å². The van der Waals surface area contributed by atoms with E-state index >= 15 is 0 Å². The zero-order valence-corrected chi connectivity index (χ0v) is 18.7. The van der Waals surface area contributed by atoms with Crippen molar-refractivity contribution in [3.8, 4) is 0 Å². The second kappa shape index (κ2) is 8.35. The lowest BCUT2D eigenvalue weighted by atomic mass is 10.0. The fourth-order valence-electron chi connectivity index (χ4n) is 4.37. The number of carbonyl (C=O) groups excluding carboxylic acids is 2. The van der Waals surface area contributed by atoms with Gasteiger partial charge >= 0.3 is 6.18 Å². The molecule has 0 N–H and O–H groups in total. The summed E-state index contributed by atoms with van der Waals surface area (Å²) in [7, 11) is 0. The Hall–Kier alpha value is -2.11. The molecule has 2 aromatic rings. The number of carbonyl (C=O) groups is 2. The van der Waals surface area contributed by atoms with Crippen LogP contribution in [0.5, 0.6) is 0 Å². The van der Waals surface area contributed by atoms with Crippen LogP contribution in [0.1, 0.15) is 20.9 Å². The van der Waals surface area contributed by atoms with Crippen molar-refractivity contribution in [2.24, 2.45) is 0 Å². The van der Waals surface area contributed by atoms with Gasteiger partial charge in [0.15, 0.2) is 5.01 Å². The van der Waals surface area contributed by atoms with Crippen molar-refractivity contribution < 1.29 is 22.8 Å². The maximum absolute atomic E-state index is 13.0. The second-order valence-corrected chi connectivity index (χ2v) is 10.3. The molecule has 1 atom stereocenters. The first-order valence-electron chi connectivity index (χ1n) is 10.4. The fraction of sp³-hybridized carbons (Fsp3) is 0.476. The molecule has 0 bridgehead atoms. The summed E-state index contributed by atoms with van der Waals surface area (Å²) >= 11 is 2.58. The summed E-state index contributed by atoms with van der Waals surface area (Å²) in [5.74, 6) is -0.0369. The fourth-order valence-corrected chi connectivity index (χ4v) is 6.29. The molecule has 32 heavy (non-hydrogen) atoms. The van der Waals surface area contributed by atoms with Gasteiger partial charge in [0.2, 0.25) is 5.91 Å². The van der Waals surface area contributed by atoms with Crippen LogP contribution in [0.4, 0.5) is 13.2 Å². The third-order valence-corrected chi connectivity index (χ3v) is 8.30. The Bertz CT molecular complexity index is 1020. The minimum Gasteiger partial charge on any atom is -0.338 e. The number of thiazole rings is 1. The smallest absolute Gasteiger partial charge is 0.338 e. The van der Waals surface area contributed by atoms with Crippen LogP contribution in [0, 0.1) is 0 Å². The number of hydrogen-bond donors (Lipinski definition) is 0. The first kappa shape index (κ1) is 21.7. The van der Waals surface area contributed by atoms with Crippen LogP contribution in [0.25, 0.3) is 0 Å². The van der Waals surface area contributed by atoms with Gasteiger partial charge in [-0.15, -0.1) is 23.1 Å². The Morgan fingerprint density at radius 2 is 1.81 bits per heavy atom. The van der Waals surface area contributed by atoms with Crippen LogP contribution < -0.4 is 0 Å². The van der Waals surface area contributed by atoms with E-state index in [-0.39, 0.29) is 23.1 Å². The van der Waals surface area contributed by atoms with Gasteiger partial charge in [-0.2, -0.15) is 13.2 Å². The summed E-state index contributed by atoms with van der Waals surface area (Å²) in [4.78, 5) is 35.9. The van der Waals surface area contributed by atoms with E-state index in [0.717, 1.165) is 30.8 Å². The number of likely N-dealkylation sites (tertiary alicyclic amines) is 1. The molecule has 3 aliphatic rings. The van der Waals surface area contributed by atoms with E-state index in [4.69, 9.17) is 0 Å². The van der Waals surface area contributed by atoms with Crippen molar-refractivity contribution in [3.05, 3.63) is 45.9 Å². The molecule has 3 aliphatic heterocycles. The van der Waals surface area contributed by atoms with E-state index < -0.39 is 11.7 Å². The van der Waals surface area contributed by atoms with E-state index in [1.807, 2.05) is 4.90 Å². The predicted octanol–water partition coefficient (Wildman–Crippen LogP) is 2.85. The molecule has 5 rings (SSSR count). The van der Waals surface area contributed by atoms with Gasteiger partial charge in [0.05, 0.1) is 10.8 Å². The van der Waals surface area contributed by atoms with Crippen LogP contribution in [-0.4, -0.2) is 82.1 Å². The maximum atomic E-state index is 13.0. The summed E-state index contributed by atoms with van der Waals surface area (Å²) in [6.07, 6.45) is -2.28. The van der Waals surface area contributed by atoms with Gasteiger partial charge in [0, 0.05) is 61.8 Å². The largest absolute Gasteiger partial charge is 0.416 e. The van der Waals surface area contributed by atoms with Crippen LogP contribution >= 0.6 is 23.1 Å². The number of rotatable bonds is 3. The molecule has 11 heteroatoms. The maximum Gasteiger partial charge on any atom is 0.416 e. The molecule has 170 valence electrons. The lowest BCUT2D eigenvalue weighted by molar-refractivity contribution is -0.139. The number of nitrogens with zero attached hydrogens (tertiary/aromatic N) is 4. The van der Waals surface area contributed by atoms with Gasteiger partial charge in [0.1, 0.15) is 0 Å². The number of benzene rings is 1. The molecular formula is C21H21F3N4O2S2. The molecular weight excluding hydrogens is 461 g/mol. The summed E-state index contributed by atoms with van der Waals surface area (Å²) in [5.41, 5.74) is 0.132. The van der Waals surface area contributed by atoms with E-state index in [1.54, 1.807) is 16.5 Å². The van der Waals surface area contributed by atoms with Crippen molar-refractivity contribution in [1.29, 1.82) is 0 Å². The molecule has 0 saturated carbocycles. The average molecular weight is 483 g/mol. The van der Waals surface area contributed by atoms with Gasteiger partial charge < -0.3 is 9.80 Å². The SMILES string of the molecule is O=C(c1nccs1)N1CCN(C2CN(C(=O)C3Cc4ccc(C(F)(F)F)cc4S3)C2)CC1. The molecule has 0 spiro atoms. The lowest BCUT2D eigenvalue weighted by Gasteiger charge is -2.48. The molecule has 1 unspecified atom stereocenters.